The monoisotopic (exact) mass is 505 g/mol. The minimum absolute atomic E-state index is 0.00446. The molecular formula is C29H35NO5Si. The summed E-state index contributed by atoms with van der Waals surface area (Å²) in [6, 6.07) is 14.2. The van der Waals surface area contributed by atoms with Gasteiger partial charge in [0.25, 0.3) is 0 Å². The molecule has 0 aliphatic carbocycles. The van der Waals surface area contributed by atoms with Crippen LogP contribution in [0, 0.1) is 5.41 Å². The number of carbonyl (C=O) groups is 2. The fourth-order valence-electron chi connectivity index (χ4n) is 5.20. The van der Waals surface area contributed by atoms with Gasteiger partial charge in [-0.25, -0.2) is 9.59 Å². The first kappa shape index (κ1) is 25.9. The lowest BCUT2D eigenvalue weighted by atomic mass is 9.84. The lowest BCUT2D eigenvalue weighted by molar-refractivity contribution is 0.0559. The maximum atomic E-state index is 13.1. The Kier molecular flexibility index (Phi) is 6.99. The fraction of sp³-hybridized carbons (Fsp3) is 0.379. The van der Waals surface area contributed by atoms with Gasteiger partial charge in [-0.2, -0.15) is 0 Å². The topological polar surface area (TPSA) is 66.2 Å². The third-order valence-electron chi connectivity index (χ3n) is 6.63. The molecule has 0 amide bonds. The summed E-state index contributed by atoms with van der Waals surface area (Å²) in [7, 11) is 1.40. The second-order valence-electron chi connectivity index (χ2n) is 10.5. The molecule has 7 heteroatoms. The SMILES string of the molecule is CCc1c(-c2ccc(C(O[SiH](C)C)C(C)(C)C)cc2)c2c(C(=O)OC)c(C(=O)OC)c3cccc1n32. The minimum atomic E-state index is -1.26. The lowest BCUT2D eigenvalue weighted by Crippen LogP contribution is -2.25. The summed E-state index contributed by atoms with van der Waals surface area (Å²) in [6.45, 7) is 13.1. The first-order valence-electron chi connectivity index (χ1n) is 12.4. The minimum Gasteiger partial charge on any atom is -0.465 e. The number of pyridine rings is 1. The molecule has 0 aliphatic heterocycles. The van der Waals surface area contributed by atoms with Crippen molar-refractivity contribution in [2.24, 2.45) is 5.41 Å². The molecule has 0 saturated carbocycles. The third kappa shape index (κ3) is 4.20. The molecule has 0 aliphatic rings. The quantitative estimate of drug-likeness (QED) is 0.214. The fourth-order valence-corrected chi connectivity index (χ4v) is 6.31. The second kappa shape index (κ2) is 9.71. The van der Waals surface area contributed by atoms with Gasteiger partial charge in [-0.1, -0.05) is 58.0 Å². The standard InChI is InChI=1S/C29H35NO5Si/c1-9-19-20-11-10-12-21-23(27(31)33-5)24(28(32)34-6)25(30(20)21)22(19)17-13-15-18(16-14-17)26(29(2,3)4)35-36(7)8/h10-16,26,36H,9H2,1-8H3. The zero-order valence-electron chi connectivity index (χ0n) is 22.4. The van der Waals surface area contributed by atoms with Gasteiger partial charge in [0.1, 0.15) is 11.1 Å². The maximum absolute atomic E-state index is 13.1. The molecule has 4 aromatic rings. The van der Waals surface area contributed by atoms with Crippen molar-refractivity contribution in [3.63, 3.8) is 0 Å². The molecule has 1 aromatic carbocycles. The first-order valence-corrected chi connectivity index (χ1v) is 15.2. The van der Waals surface area contributed by atoms with E-state index < -0.39 is 21.0 Å². The van der Waals surface area contributed by atoms with E-state index in [-0.39, 0.29) is 22.6 Å². The van der Waals surface area contributed by atoms with E-state index in [0.717, 1.165) is 34.2 Å². The van der Waals surface area contributed by atoms with Crippen molar-refractivity contribution in [1.82, 2.24) is 4.40 Å². The highest BCUT2D eigenvalue weighted by molar-refractivity contribution is 6.48. The number of esters is 2. The molecule has 4 rings (SSSR count). The molecule has 1 unspecified atom stereocenters. The van der Waals surface area contributed by atoms with E-state index in [1.54, 1.807) is 0 Å². The number of carbonyl (C=O) groups excluding carboxylic acids is 2. The Morgan fingerprint density at radius 1 is 0.917 bits per heavy atom. The molecule has 0 saturated heterocycles. The highest BCUT2D eigenvalue weighted by atomic mass is 28.3. The summed E-state index contributed by atoms with van der Waals surface area (Å²) in [5.74, 6) is -1.12. The Morgan fingerprint density at radius 3 is 2.03 bits per heavy atom. The Labute approximate surface area is 214 Å². The van der Waals surface area contributed by atoms with Crippen molar-refractivity contribution >= 4 is 37.5 Å². The number of hydrogen-bond acceptors (Lipinski definition) is 5. The van der Waals surface area contributed by atoms with Gasteiger partial charge >= 0.3 is 11.9 Å². The van der Waals surface area contributed by atoms with Crippen LogP contribution in [0.5, 0.6) is 0 Å². The molecule has 0 bridgehead atoms. The van der Waals surface area contributed by atoms with Crippen LogP contribution in [0.1, 0.15) is 65.6 Å². The Bertz CT molecular complexity index is 1410. The molecule has 3 heterocycles. The van der Waals surface area contributed by atoms with Crippen LogP contribution in [0.4, 0.5) is 0 Å². The molecule has 190 valence electrons. The lowest BCUT2D eigenvalue weighted by Gasteiger charge is -2.33. The number of nitrogens with zero attached hydrogens (tertiary/aromatic N) is 1. The third-order valence-corrected chi connectivity index (χ3v) is 7.45. The second-order valence-corrected chi connectivity index (χ2v) is 12.8. The zero-order valence-corrected chi connectivity index (χ0v) is 23.5. The summed E-state index contributed by atoms with van der Waals surface area (Å²) in [5, 5.41) is 0. The van der Waals surface area contributed by atoms with Crippen molar-refractivity contribution < 1.29 is 23.5 Å². The molecule has 0 N–H and O–H groups in total. The van der Waals surface area contributed by atoms with Gasteiger partial charge in [0.2, 0.25) is 0 Å². The molecule has 6 nitrogen and oxygen atoms in total. The summed E-state index contributed by atoms with van der Waals surface area (Å²) >= 11 is 0. The van der Waals surface area contributed by atoms with Crippen molar-refractivity contribution in [1.29, 1.82) is 0 Å². The van der Waals surface area contributed by atoms with E-state index in [1.807, 2.05) is 22.6 Å². The Balaban J connectivity index is 2.01. The van der Waals surface area contributed by atoms with E-state index in [2.05, 4.69) is 65.1 Å². The average Bonchev–Trinajstić information content (AvgIpc) is 3.36. The van der Waals surface area contributed by atoms with E-state index in [1.165, 1.54) is 14.2 Å². The molecule has 3 aromatic heterocycles. The van der Waals surface area contributed by atoms with Crippen LogP contribution in [-0.4, -0.2) is 39.6 Å². The van der Waals surface area contributed by atoms with Crippen molar-refractivity contribution in [2.45, 2.75) is 53.3 Å². The summed E-state index contributed by atoms with van der Waals surface area (Å²) in [5.41, 5.74) is 6.85. The van der Waals surface area contributed by atoms with Crippen molar-refractivity contribution in [3.8, 4) is 11.1 Å². The largest absolute Gasteiger partial charge is 0.465 e. The number of aromatic nitrogens is 1. The van der Waals surface area contributed by atoms with Crippen LogP contribution in [0.25, 0.3) is 27.7 Å². The predicted octanol–water partition coefficient (Wildman–Crippen LogP) is 6.42. The van der Waals surface area contributed by atoms with Gasteiger partial charge in [-0.05, 0) is 53.8 Å². The number of rotatable bonds is 7. The summed E-state index contributed by atoms with van der Waals surface area (Å²) in [6.07, 6.45) is 0.758. The van der Waals surface area contributed by atoms with Crippen LogP contribution in [0.15, 0.2) is 42.5 Å². The molecular weight excluding hydrogens is 470 g/mol. The first-order chi connectivity index (χ1) is 17.0. The smallest absolute Gasteiger partial charge is 0.340 e. The van der Waals surface area contributed by atoms with Crippen molar-refractivity contribution in [2.75, 3.05) is 14.2 Å². The van der Waals surface area contributed by atoms with Gasteiger partial charge in [-0.3, -0.25) is 0 Å². The molecule has 36 heavy (non-hydrogen) atoms. The molecule has 1 atom stereocenters. The van der Waals surface area contributed by atoms with Gasteiger partial charge < -0.3 is 18.3 Å². The number of hydrogen-bond donors (Lipinski definition) is 0. The Morgan fingerprint density at radius 2 is 1.50 bits per heavy atom. The van der Waals surface area contributed by atoms with Crippen LogP contribution in [0.2, 0.25) is 13.1 Å². The summed E-state index contributed by atoms with van der Waals surface area (Å²) < 4.78 is 18.6. The van der Waals surface area contributed by atoms with E-state index in [4.69, 9.17) is 13.9 Å². The zero-order chi connectivity index (χ0) is 26.4. The highest BCUT2D eigenvalue weighted by Crippen LogP contribution is 2.43. The normalized spacial score (nSPS) is 13.0. The average molecular weight is 506 g/mol. The van der Waals surface area contributed by atoms with Gasteiger partial charge in [0.05, 0.1) is 36.9 Å². The van der Waals surface area contributed by atoms with Gasteiger partial charge in [0.15, 0.2) is 9.04 Å². The Hall–Kier alpha value is -3.16. The maximum Gasteiger partial charge on any atom is 0.340 e. The summed E-state index contributed by atoms with van der Waals surface area (Å²) in [4.78, 5) is 25.9. The van der Waals surface area contributed by atoms with Crippen molar-refractivity contribution in [3.05, 3.63) is 64.7 Å². The number of methoxy groups -OCH3 is 2. The van der Waals surface area contributed by atoms with Gasteiger partial charge in [0, 0.05) is 5.56 Å². The van der Waals surface area contributed by atoms with E-state index in [9.17, 15) is 9.59 Å². The molecule has 0 spiro atoms. The number of aryl methyl sites for hydroxylation is 1. The number of benzene rings is 1. The molecule has 0 radical (unpaired) electrons. The van der Waals surface area contributed by atoms with Crippen LogP contribution in [-0.2, 0) is 20.3 Å². The van der Waals surface area contributed by atoms with E-state index in [0.29, 0.717) is 11.0 Å². The van der Waals surface area contributed by atoms with E-state index >= 15 is 0 Å². The van der Waals surface area contributed by atoms with Crippen LogP contribution < -0.4 is 0 Å². The van der Waals surface area contributed by atoms with Crippen LogP contribution in [0.3, 0.4) is 0 Å². The van der Waals surface area contributed by atoms with Crippen LogP contribution >= 0.6 is 0 Å². The number of ether oxygens (including phenoxy) is 2. The highest BCUT2D eigenvalue weighted by Gasteiger charge is 2.33. The van der Waals surface area contributed by atoms with Gasteiger partial charge in [-0.15, -0.1) is 0 Å². The molecule has 0 fully saturated rings. The predicted molar refractivity (Wildman–Crippen MR) is 146 cm³/mol.